The Morgan fingerprint density at radius 3 is 2.25 bits per heavy atom. The monoisotopic (exact) mass is 169 g/mol. The molecule has 0 amide bonds. The van der Waals surface area contributed by atoms with Gasteiger partial charge in [-0.15, -0.1) is 0 Å². The molecule has 1 radical (unpaired) electrons. The molecular weight excluding hydrogens is 144 g/mol. The summed E-state index contributed by atoms with van der Waals surface area (Å²) in [5.41, 5.74) is 0. The van der Waals surface area contributed by atoms with Gasteiger partial charge in [0.15, 0.2) is 0 Å². The molecule has 0 saturated heterocycles. The zero-order valence-electron chi connectivity index (χ0n) is 9.27. The molecule has 0 spiro atoms. The largest absolute Gasteiger partial charge is 0.0654 e. The lowest BCUT2D eigenvalue weighted by Crippen LogP contribution is -2.07. The van der Waals surface area contributed by atoms with E-state index in [4.69, 9.17) is 0 Å². The molecule has 0 aromatic heterocycles. The van der Waals surface area contributed by atoms with Crippen molar-refractivity contribution >= 4 is 0 Å². The average Bonchev–Trinajstić information content (AvgIpc) is 2.05. The molecule has 2 atom stereocenters. The number of unbranched alkanes of at least 4 members (excludes halogenated alkanes) is 2. The molecule has 2 unspecified atom stereocenters. The van der Waals surface area contributed by atoms with E-state index in [-0.39, 0.29) is 0 Å². The molecule has 0 aliphatic carbocycles. The van der Waals surface area contributed by atoms with Crippen molar-refractivity contribution in [1.82, 2.24) is 0 Å². The van der Waals surface area contributed by atoms with Gasteiger partial charge in [0.1, 0.15) is 0 Å². The molecule has 0 aromatic carbocycles. The lowest BCUT2D eigenvalue weighted by atomic mass is 9.88. The first kappa shape index (κ1) is 12.0. The van der Waals surface area contributed by atoms with Crippen LogP contribution in [0.2, 0.25) is 0 Å². The summed E-state index contributed by atoms with van der Waals surface area (Å²) in [6.07, 6.45) is 9.18. The van der Waals surface area contributed by atoms with E-state index in [1.54, 1.807) is 0 Å². The summed E-state index contributed by atoms with van der Waals surface area (Å²) in [5.74, 6) is 1.79. The van der Waals surface area contributed by atoms with Crippen LogP contribution in [0.3, 0.4) is 0 Å². The van der Waals surface area contributed by atoms with Crippen molar-refractivity contribution in [2.75, 3.05) is 0 Å². The van der Waals surface area contributed by atoms with Gasteiger partial charge in [-0.05, 0) is 24.7 Å². The Bertz CT molecular complexity index is 86.0. The predicted molar refractivity (Wildman–Crippen MR) is 57.1 cm³/mol. The topological polar surface area (TPSA) is 0 Å². The minimum Gasteiger partial charge on any atom is -0.0654 e. The maximum absolute atomic E-state index is 2.39. The van der Waals surface area contributed by atoms with Crippen LogP contribution in [0, 0.1) is 18.3 Å². The standard InChI is InChI=1S/C12H25/c1-5-7-8-10-12(4)11(3)9-6-2/h6,11-12H,5,7-10H2,1-4H3. The van der Waals surface area contributed by atoms with E-state index in [0.29, 0.717) is 0 Å². The van der Waals surface area contributed by atoms with Crippen LogP contribution < -0.4 is 0 Å². The second-order valence-corrected chi connectivity index (χ2v) is 4.09. The summed E-state index contributed by atoms with van der Waals surface area (Å²) in [6, 6.07) is 0. The second-order valence-electron chi connectivity index (χ2n) is 4.09. The molecular formula is C12H25. The summed E-state index contributed by atoms with van der Waals surface area (Å²) >= 11 is 0. The highest BCUT2D eigenvalue weighted by atomic mass is 14.2. The fourth-order valence-electron chi connectivity index (χ4n) is 1.60. The van der Waals surface area contributed by atoms with Crippen LogP contribution in [0.25, 0.3) is 0 Å². The van der Waals surface area contributed by atoms with Gasteiger partial charge in [0.05, 0.1) is 0 Å². The first-order valence-electron chi connectivity index (χ1n) is 5.50. The predicted octanol–water partition coefficient (Wildman–Crippen LogP) is 4.45. The van der Waals surface area contributed by atoms with Crippen LogP contribution in [-0.4, -0.2) is 0 Å². The summed E-state index contributed by atoms with van der Waals surface area (Å²) in [4.78, 5) is 0. The van der Waals surface area contributed by atoms with E-state index in [0.717, 1.165) is 11.8 Å². The average molecular weight is 169 g/mol. The first-order valence-corrected chi connectivity index (χ1v) is 5.50. The number of rotatable bonds is 7. The first-order chi connectivity index (χ1) is 5.72. The lowest BCUT2D eigenvalue weighted by molar-refractivity contribution is 0.348. The van der Waals surface area contributed by atoms with Crippen LogP contribution in [0.1, 0.15) is 59.8 Å². The highest BCUT2D eigenvalue weighted by Crippen LogP contribution is 2.21. The van der Waals surface area contributed by atoms with Crippen molar-refractivity contribution in [3.63, 3.8) is 0 Å². The summed E-state index contributed by atoms with van der Waals surface area (Å²) in [7, 11) is 0. The van der Waals surface area contributed by atoms with Crippen molar-refractivity contribution in [3.05, 3.63) is 6.42 Å². The van der Waals surface area contributed by atoms with E-state index in [1.165, 1.54) is 32.1 Å². The van der Waals surface area contributed by atoms with Gasteiger partial charge in [0.2, 0.25) is 0 Å². The highest BCUT2D eigenvalue weighted by Gasteiger charge is 2.09. The molecule has 0 rings (SSSR count). The Labute approximate surface area is 78.8 Å². The van der Waals surface area contributed by atoms with E-state index in [9.17, 15) is 0 Å². The molecule has 0 aliphatic heterocycles. The molecule has 0 heterocycles. The zero-order valence-corrected chi connectivity index (χ0v) is 9.27. The molecule has 73 valence electrons. The third kappa shape index (κ3) is 5.62. The maximum Gasteiger partial charge on any atom is -0.0414 e. The SMILES string of the molecule is C[CH]CC(C)C(C)CCCCC. The molecule has 0 heteroatoms. The fraction of sp³-hybridized carbons (Fsp3) is 0.917. The molecule has 12 heavy (non-hydrogen) atoms. The Balaban J connectivity index is 3.35. The third-order valence-corrected chi connectivity index (χ3v) is 2.84. The van der Waals surface area contributed by atoms with Gasteiger partial charge in [-0.1, -0.05) is 53.4 Å². The van der Waals surface area contributed by atoms with Crippen molar-refractivity contribution in [3.8, 4) is 0 Å². The Hall–Kier alpha value is 0. The summed E-state index contributed by atoms with van der Waals surface area (Å²) in [6.45, 7) is 9.20. The van der Waals surface area contributed by atoms with E-state index in [1.807, 2.05) is 0 Å². The van der Waals surface area contributed by atoms with Gasteiger partial charge < -0.3 is 0 Å². The maximum atomic E-state index is 2.39. The molecule has 0 bridgehead atoms. The Morgan fingerprint density at radius 1 is 1.08 bits per heavy atom. The molecule has 0 N–H and O–H groups in total. The van der Waals surface area contributed by atoms with Gasteiger partial charge in [0.25, 0.3) is 0 Å². The minimum atomic E-state index is 0.881. The van der Waals surface area contributed by atoms with Crippen LogP contribution >= 0.6 is 0 Å². The van der Waals surface area contributed by atoms with E-state index in [2.05, 4.69) is 34.1 Å². The highest BCUT2D eigenvalue weighted by molar-refractivity contribution is 4.68. The van der Waals surface area contributed by atoms with Crippen LogP contribution in [0.5, 0.6) is 0 Å². The third-order valence-electron chi connectivity index (χ3n) is 2.84. The van der Waals surface area contributed by atoms with E-state index < -0.39 is 0 Å². The molecule has 0 fully saturated rings. The summed E-state index contributed by atoms with van der Waals surface area (Å²) < 4.78 is 0. The fourth-order valence-corrected chi connectivity index (χ4v) is 1.60. The quantitative estimate of drug-likeness (QED) is 0.494. The van der Waals surface area contributed by atoms with Crippen LogP contribution in [-0.2, 0) is 0 Å². The van der Waals surface area contributed by atoms with Gasteiger partial charge >= 0.3 is 0 Å². The number of hydrogen-bond acceptors (Lipinski definition) is 0. The van der Waals surface area contributed by atoms with Crippen molar-refractivity contribution in [2.24, 2.45) is 11.8 Å². The normalized spacial score (nSPS) is 16.0. The smallest absolute Gasteiger partial charge is 0.0414 e. The summed E-state index contributed by atoms with van der Waals surface area (Å²) in [5, 5.41) is 0. The van der Waals surface area contributed by atoms with Gasteiger partial charge in [-0.2, -0.15) is 0 Å². The molecule has 0 saturated carbocycles. The van der Waals surface area contributed by atoms with Gasteiger partial charge in [-0.25, -0.2) is 0 Å². The van der Waals surface area contributed by atoms with Gasteiger partial charge in [-0.3, -0.25) is 0 Å². The minimum absolute atomic E-state index is 0.881. The number of hydrogen-bond donors (Lipinski definition) is 0. The molecule has 0 nitrogen and oxygen atoms in total. The van der Waals surface area contributed by atoms with E-state index >= 15 is 0 Å². The molecule has 0 aliphatic rings. The van der Waals surface area contributed by atoms with Crippen LogP contribution in [0.15, 0.2) is 0 Å². The van der Waals surface area contributed by atoms with Crippen molar-refractivity contribution in [2.45, 2.75) is 59.8 Å². The lowest BCUT2D eigenvalue weighted by Gasteiger charge is -2.18. The van der Waals surface area contributed by atoms with Crippen molar-refractivity contribution in [1.29, 1.82) is 0 Å². The van der Waals surface area contributed by atoms with Gasteiger partial charge in [0, 0.05) is 0 Å². The van der Waals surface area contributed by atoms with Crippen molar-refractivity contribution < 1.29 is 0 Å². The van der Waals surface area contributed by atoms with Crippen LogP contribution in [0.4, 0.5) is 0 Å². The Morgan fingerprint density at radius 2 is 1.75 bits per heavy atom. The Kier molecular flexibility index (Phi) is 7.64. The molecule has 0 aromatic rings. The zero-order chi connectivity index (χ0) is 9.40. The second kappa shape index (κ2) is 7.64.